The molecule has 0 unspecified atom stereocenters. The highest BCUT2D eigenvalue weighted by Crippen LogP contribution is 2.26. The van der Waals surface area contributed by atoms with Crippen molar-refractivity contribution < 1.29 is 9.60 Å². The quantitative estimate of drug-likeness (QED) is 0.361. The lowest BCUT2D eigenvalue weighted by Crippen LogP contribution is -2.21. The largest absolute Gasteiger partial charge is 0.409 e. The molecule has 1 aliphatic rings. The standard InChI is InChI=1S/C12H16FN3O/c1-16(11-2-3-11)7-8-4-9(12(14)15-17)6-10(13)5-8/h4-6,11,17H,2-3,7H2,1H3,(H2,14,15). The summed E-state index contributed by atoms with van der Waals surface area (Å²) in [6.45, 7) is 0.675. The normalized spacial score (nSPS) is 16.5. The summed E-state index contributed by atoms with van der Waals surface area (Å²) in [6.07, 6.45) is 2.41. The summed E-state index contributed by atoms with van der Waals surface area (Å²) in [6, 6.07) is 5.10. The molecular weight excluding hydrogens is 221 g/mol. The van der Waals surface area contributed by atoms with Gasteiger partial charge in [0.1, 0.15) is 5.82 Å². The van der Waals surface area contributed by atoms with Crippen LogP contribution in [0.4, 0.5) is 4.39 Å². The number of benzene rings is 1. The second-order valence-electron chi connectivity index (χ2n) is 4.48. The van der Waals surface area contributed by atoms with E-state index in [4.69, 9.17) is 10.9 Å². The molecule has 0 spiro atoms. The summed E-state index contributed by atoms with van der Waals surface area (Å²) in [5, 5.41) is 11.5. The van der Waals surface area contributed by atoms with Gasteiger partial charge < -0.3 is 10.9 Å². The molecule has 0 amide bonds. The summed E-state index contributed by atoms with van der Waals surface area (Å²) in [4.78, 5) is 2.19. The Morgan fingerprint density at radius 2 is 2.24 bits per heavy atom. The minimum atomic E-state index is -0.367. The van der Waals surface area contributed by atoms with Crippen LogP contribution in [0.1, 0.15) is 24.0 Å². The van der Waals surface area contributed by atoms with Gasteiger partial charge in [0.15, 0.2) is 5.84 Å². The van der Waals surface area contributed by atoms with Gasteiger partial charge in [-0.15, -0.1) is 0 Å². The highest BCUT2D eigenvalue weighted by Gasteiger charge is 2.26. The molecule has 1 aromatic carbocycles. The van der Waals surface area contributed by atoms with Gasteiger partial charge in [0.25, 0.3) is 0 Å². The fraction of sp³-hybridized carbons (Fsp3) is 0.417. The number of rotatable bonds is 4. The van der Waals surface area contributed by atoms with E-state index < -0.39 is 0 Å². The van der Waals surface area contributed by atoms with Crippen molar-refractivity contribution in [2.45, 2.75) is 25.4 Å². The van der Waals surface area contributed by atoms with Gasteiger partial charge in [0.05, 0.1) is 0 Å². The molecule has 5 heteroatoms. The van der Waals surface area contributed by atoms with E-state index >= 15 is 0 Å². The molecule has 0 radical (unpaired) electrons. The molecule has 1 saturated carbocycles. The molecule has 1 aliphatic carbocycles. The Morgan fingerprint density at radius 1 is 1.53 bits per heavy atom. The fourth-order valence-electron chi connectivity index (χ4n) is 1.88. The van der Waals surface area contributed by atoms with Gasteiger partial charge in [-0.2, -0.15) is 0 Å². The highest BCUT2D eigenvalue weighted by molar-refractivity contribution is 5.97. The van der Waals surface area contributed by atoms with E-state index in [0.29, 0.717) is 18.2 Å². The number of nitrogens with two attached hydrogens (primary N) is 1. The van der Waals surface area contributed by atoms with Gasteiger partial charge >= 0.3 is 0 Å². The van der Waals surface area contributed by atoms with Crippen LogP contribution in [0, 0.1) is 5.82 Å². The van der Waals surface area contributed by atoms with Crippen LogP contribution < -0.4 is 5.73 Å². The van der Waals surface area contributed by atoms with Crippen LogP contribution in [-0.2, 0) is 6.54 Å². The van der Waals surface area contributed by atoms with Crippen molar-refractivity contribution in [3.8, 4) is 0 Å². The monoisotopic (exact) mass is 237 g/mol. The number of amidine groups is 1. The Kier molecular flexibility index (Phi) is 3.28. The summed E-state index contributed by atoms with van der Waals surface area (Å²) in [5.41, 5.74) is 6.70. The topological polar surface area (TPSA) is 61.8 Å². The average molecular weight is 237 g/mol. The SMILES string of the molecule is CN(Cc1cc(F)cc(/C(N)=N/O)c1)C1CC1. The third-order valence-electron chi connectivity index (χ3n) is 2.96. The first kappa shape index (κ1) is 11.9. The summed E-state index contributed by atoms with van der Waals surface area (Å²) in [7, 11) is 2.02. The fourth-order valence-corrected chi connectivity index (χ4v) is 1.88. The third-order valence-corrected chi connectivity index (χ3v) is 2.96. The van der Waals surface area contributed by atoms with Gasteiger partial charge in [-0.3, -0.25) is 4.90 Å². The molecule has 17 heavy (non-hydrogen) atoms. The van der Waals surface area contributed by atoms with Crippen LogP contribution in [0.15, 0.2) is 23.4 Å². The minimum Gasteiger partial charge on any atom is -0.409 e. The van der Waals surface area contributed by atoms with E-state index in [9.17, 15) is 4.39 Å². The van der Waals surface area contributed by atoms with Crippen LogP contribution in [0.2, 0.25) is 0 Å². The maximum Gasteiger partial charge on any atom is 0.170 e. The van der Waals surface area contributed by atoms with Crippen LogP contribution in [0.25, 0.3) is 0 Å². The molecule has 0 atom stereocenters. The van der Waals surface area contributed by atoms with Gasteiger partial charge in [-0.1, -0.05) is 5.16 Å². The predicted octanol–water partition coefficient (Wildman–Crippen LogP) is 1.51. The molecule has 92 valence electrons. The van der Waals surface area contributed by atoms with E-state index in [2.05, 4.69) is 10.1 Å². The number of hydrogen-bond donors (Lipinski definition) is 2. The van der Waals surface area contributed by atoms with E-state index in [1.807, 2.05) is 7.05 Å². The smallest absolute Gasteiger partial charge is 0.170 e. The van der Waals surface area contributed by atoms with Crippen molar-refractivity contribution in [1.29, 1.82) is 0 Å². The van der Waals surface area contributed by atoms with Crippen LogP contribution in [0.3, 0.4) is 0 Å². The summed E-state index contributed by atoms with van der Waals surface area (Å²) < 4.78 is 13.4. The first-order chi connectivity index (χ1) is 8.10. The molecule has 0 saturated heterocycles. The van der Waals surface area contributed by atoms with Crippen LogP contribution >= 0.6 is 0 Å². The maximum absolute atomic E-state index is 13.4. The van der Waals surface area contributed by atoms with Crippen molar-refractivity contribution in [2.75, 3.05) is 7.05 Å². The zero-order valence-corrected chi connectivity index (χ0v) is 9.73. The van der Waals surface area contributed by atoms with Gasteiger partial charge in [0.2, 0.25) is 0 Å². The molecule has 0 aliphatic heterocycles. The van der Waals surface area contributed by atoms with E-state index in [1.54, 1.807) is 6.07 Å². The highest BCUT2D eigenvalue weighted by atomic mass is 19.1. The van der Waals surface area contributed by atoms with Gasteiger partial charge in [-0.25, -0.2) is 4.39 Å². The Hall–Kier alpha value is -1.62. The van der Waals surface area contributed by atoms with Crippen molar-refractivity contribution in [2.24, 2.45) is 10.9 Å². The molecule has 0 aromatic heterocycles. The second-order valence-corrected chi connectivity index (χ2v) is 4.48. The predicted molar refractivity (Wildman–Crippen MR) is 63.4 cm³/mol. The lowest BCUT2D eigenvalue weighted by atomic mass is 10.1. The van der Waals surface area contributed by atoms with Crippen molar-refractivity contribution in [3.63, 3.8) is 0 Å². The zero-order chi connectivity index (χ0) is 12.4. The molecule has 1 aromatic rings. The molecular formula is C12H16FN3O. The molecule has 0 bridgehead atoms. The number of halogens is 1. The minimum absolute atomic E-state index is 0.0696. The lowest BCUT2D eigenvalue weighted by Gasteiger charge is -2.16. The lowest BCUT2D eigenvalue weighted by molar-refractivity contribution is 0.315. The molecule has 1 fully saturated rings. The van der Waals surface area contributed by atoms with Crippen molar-refractivity contribution >= 4 is 5.84 Å². The number of nitrogens with zero attached hydrogens (tertiary/aromatic N) is 2. The molecule has 4 nitrogen and oxygen atoms in total. The molecule has 3 N–H and O–H groups in total. The zero-order valence-electron chi connectivity index (χ0n) is 9.73. The summed E-state index contributed by atoms with van der Waals surface area (Å²) >= 11 is 0. The molecule has 2 rings (SSSR count). The Bertz CT molecular complexity index is 443. The van der Waals surface area contributed by atoms with Gasteiger partial charge in [0, 0.05) is 18.2 Å². The third kappa shape index (κ3) is 2.94. The van der Waals surface area contributed by atoms with Crippen LogP contribution in [0.5, 0.6) is 0 Å². The second kappa shape index (κ2) is 4.71. The van der Waals surface area contributed by atoms with E-state index in [1.165, 1.54) is 25.0 Å². The Morgan fingerprint density at radius 3 is 2.82 bits per heavy atom. The maximum atomic E-state index is 13.4. The van der Waals surface area contributed by atoms with Crippen LogP contribution in [-0.4, -0.2) is 29.0 Å². The Balaban J connectivity index is 2.18. The average Bonchev–Trinajstić information content (AvgIpc) is 3.10. The first-order valence-electron chi connectivity index (χ1n) is 5.58. The first-order valence-corrected chi connectivity index (χ1v) is 5.58. The van der Waals surface area contributed by atoms with Gasteiger partial charge in [-0.05, 0) is 43.7 Å². The van der Waals surface area contributed by atoms with Crippen molar-refractivity contribution in [1.82, 2.24) is 4.90 Å². The Labute approximate surface area is 99.5 Å². The number of hydrogen-bond acceptors (Lipinski definition) is 3. The summed E-state index contributed by atoms with van der Waals surface area (Å²) in [5.74, 6) is -0.437. The van der Waals surface area contributed by atoms with E-state index in [-0.39, 0.29) is 11.7 Å². The van der Waals surface area contributed by atoms with E-state index in [0.717, 1.165) is 5.56 Å². The molecule has 0 heterocycles. The number of oxime groups is 1. The van der Waals surface area contributed by atoms with Crippen molar-refractivity contribution in [3.05, 3.63) is 35.1 Å².